The van der Waals surface area contributed by atoms with Crippen LogP contribution in [0.15, 0.2) is 72.0 Å². The maximum absolute atomic E-state index is 10.7. The van der Waals surface area contributed by atoms with Gasteiger partial charge >= 0.3 is 5.97 Å². The first kappa shape index (κ1) is 17.6. The van der Waals surface area contributed by atoms with Gasteiger partial charge in [0.25, 0.3) is 0 Å². The Labute approximate surface area is 152 Å². The first-order chi connectivity index (χ1) is 12.7. The van der Waals surface area contributed by atoms with E-state index in [0.29, 0.717) is 12.8 Å². The third-order valence-electron chi connectivity index (χ3n) is 4.12. The van der Waals surface area contributed by atoms with Gasteiger partial charge in [-0.15, -0.1) is 0 Å². The van der Waals surface area contributed by atoms with E-state index in [2.05, 4.69) is 33.7 Å². The minimum Gasteiger partial charge on any atom is -0.481 e. The van der Waals surface area contributed by atoms with E-state index >= 15 is 0 Å². The molecule has 0 fully saturated rings. The predicted molar refractivity (Wildman–Crippen MR) is 104 cm³/mol. The van der Waals surface area contributed by atoms with Crippen LogP contribution in [0.25, 0.3) is 10.8 Å². The molecular weight excluding hydrogens is 326 g/mol. The lowest BCUT2D eigenvalue weighted by atomic mass is 10.1. The zero-order valence-corrected chi connectivity index (χ0v) is 14.4. The molecule has 0 saturated heterocycles. The summed E-state index contributed by atoms with van der Waals surface area (Å²) in [5.41, 5.74) is 5.72. The van der Waals surface area contributed by atoms with E-state index in [4.69, 9.17) is 5.11 Å². The molecule has 0 aliphatic carbocycles. The molecule has 0 aliphatic rings. The van der Waals surface area contributed by atoms with Crippen LogP contribution in [0.3, 0.4) is 0 Å². The molecule has 5 nitrogen and oxygen atoms in total. The summed E-state index contributed by atoms with van der Waals surface area (Å²) in [5, 5.41) is 15.6. The fraction of sp³-hybridized carbons (Fsp3) is 0.190. The van der Waals surface area contributed by atoms with Gasteiger partial charge in [-0.25, -0.2) is 0 Å². The van der Waals surface area contributed by atoms with Crippen molar-refractivity contribution in [2.24, 2.45) is 5.10 Å². The Hall–Kier alpha value is -3.21. The number of carboxylic acid groups (broad SMARTS) is 1. The molecule has 26 heavy (non-hydrogen) atoms. The summed E-state index contributed by atoms with van der Waals surface area (Å²) < 4.78 is 0. The van der Waals surface area contributed by atoms with Crippen LogP contribution in [0.1, 0.15) is 31.4 Å². The summed E-state index contributed by atoms with van der Waals surface area (Å²) >= 11 is 0. The van der Waals surface area contributed by atoms with Gasteiger partial charge in [0.1, 0.15) is 0 Å². The maximum Gasteiger partial charge on any atom is 0.303 e. The highest BCUT2D eigenvalue weighted by Gasteiger charge is 2.07. The molecule has 1 aromatic heterocycles. The van der Waals surface area contributed by atoms with Crippen molar-refractivity contribution < 1.29 is 9.90 Å². The second kappa shape index (κ2) is 8.76. The number of pyridine rings is 1. The molecule has 0 saturated carbocycles. The van der Waals surface area contributed by atoms with E-state index < -0.39 is 5.97 Å². The predicted octanol–water partition coefficient (Wildman–Crippen LogP) is 4.70. The number of carbonyl (C=O) groups is 1. The Morgan fingerprint density at radius 2 is 1.73 bits per heavy atom. The normalized spacial score (nSPS) is 11.5. The number of hydrazone groups is 1. The average molecular weight is 347 g/mol. The van der Waals surface area contributed by atoms with Crippen molar-refractivity contribution in [1.29, 1.82) is 0 Å². The first-order valence-corrected chi connectivity index (χ1v) is 8.67. The van der Waals surface area contributed by atoms with Crippen LogP contribution in [-0.2, 0) is 4.79 Å². The Bertz CT molecular complexity index is 902. The number of hydrogen-bond donors (Lipinski definition) is 2. The Kier molecular flexibility index (Phi) is 5.93. The quantitative estimate of drug-likeness (QED) is 0.352. The van der Waals surface area contributed by atoms with Gasteiger partial charge in [-0.3, -0.25) is 15.2 Å². The molecule has 0 unspecified atom stereocenters. The third-order valence-corrected chi connectivity index (χ3v) is 4.12. The molecule has 132 valence electrons. The van der Waals surface area contributed by atoms with Crippen LogP contribution < -0.4 is 5.43 Å². The Morgan fingerprint density at radius 3 is 2.54 bits per heavy atom. The van der Waals surface area contributed by atoms with E-state index in [1.807, 2.05) is 42.5 Å². The second-order valence-corrected chi connectivity index (χ2v) is 6.01. The van der Waals surface area contributed by atoms with Crippen LogP contribution >= 0.6 is 0 Å². The number of aromatic nitrogens is 1. The minimum absolute atomic E-state index is 0.173. The van der Waals surface area contributed by atoms with E-state index in [1.165, 1.54) is 0 Å². The summed E-state index contributed by atoms with van der Waals surface area (Å²) in [6, 6.07) is 19.9. The monoisotopic (exact) mass is 347 g/mol. The second-order valence-electron chi connectivity index (χ2n) is 6.01. The van der Waals surface area contributed by atoms with E-state index in [0.717, 1.165) is 34.3 Å². The fourth-order valence-corrected chi connectivity index (χ4v) is 2.79. The molecule has 0 bridgehead atoms. The third kappa shape index (κ3) is 4.66. The molecule has 0 amide bonds. The zero-order chi connectivity index (χ0) is 18.2. The summed E-state index contributed by atoms with van der Waals surface area (Å²) in [5.74, 6) is -0.768. The molecule has 2 aromatic carbocycles. The summed E-state index contributed by atoms with van der Waals surface area (Å²) in [6.45, 7) is 0. The van der Waals surface area contributed by atoms with Gasteiger partial charge in [-0.2, -0.15) is 5.10 Å². The molecule has 0 aliphatic heterocycles. The molecule has 3 aromatic rings. The van der Waals surface area contributed by atoms with Gasteiger partial charge in [0.05, 0.1) is 17.1 Å². The number of hydrogen-bond acceptors (Lipinski definition) is 4. The number of nitrogens with zero attached hydrogens (tertiary/aromatic N) is 2. The van der Waals surface area contributed by atoms with Crippen LogP contribution in [0, 0.1) is 0 Å². The molecular formula is C21H21N3O2. The number of carboxylic acids is 1. The Morgan fingerprint density at radius 1 is 0.962 bits per heavy atom. The maximum atomic E-state index is 10.7. The molecule has 0 atom stereocenters. The minimum atomic E-state index is -0.768. The van der Waals surface area contributed by atoms with Crippen LogP contribution in [0.5, 0.6) is 0 Å². The van der Waals surface area contributed by atoms with Gasteiger partial charge in [0.2, 0.25) is 0 Å². The largest absolute Gasteiger partial charge is 0.481 e. The van der Waals surface area contributed by atoms with Crippen LogP contribution in [0.4, 0.5) is 5.69 Å². The average Bonchev–Trinajstić information content (AvgIpc) is 2.68. The number of aliphatic carboxylic acids is 1. The molecule has 1 heterocycles. The standard InChI is InChI=1S/C21H21N3O2/c25-21(26)14-4-3-12-20(19-11-5-6-15-22-19)24-23-18-13-7-9-16-8-1-2-10-17(16)18/h1-2,5-11,13,15,23H,3-4,12,14H2,(H,25,26). The zero-order valence-electron chi connectivity index (χ0n) is 14.4. The van der Waals surface area contributed by atoms with Crippen molar-refractivity contribution in [2.45, 2.75) is 25.7 Å². The van der Waals surface area contributed by atoms with E-state index in [9.17, 15) is 4.79 Å². The van der Waals surface area contributed by atoms with Crippen molar-refractivity contribution in [2.75, 3.05) is 5.43 Å². The lowest BCUT2D eigenvalue weighted by molar-refractivity contribution is -0.137. The summed E-state index contributed by atoms with van der Waals surface area (Å²) in [4.78, 5) is 15.1. The van der Waals surface area contributed by atoms with Gasteiger partial charge in [0, 0.05) is 18.0 Å². The van der Waals surface area contributed by atoms with Crippen LogP contribution in [-0.4, -0.2) is 21.8 Å². The van der Waals surface area contributed by atoms with Crippen molar-refractivity contribution in [3.63, 3.8) is 0 Å². The molecule has 0 radical (unpaired) electrons. The number of unbranched alkanes of at least 4 members (excludes halogenated alkanes) is 1. The van der Waals surface area contributed by atoms with Crippen LogP contribution in [0.2, 0.25) is 0 Å². The summed E-state index contributed by atoms with van der Waals surface area (Å²) in [7, 11) is 0. The SMILES string of the molecule is O=C(O)CCCCC(=NNc1cccc2ccccc12)c1ccccn1. The molecule has 5 heteroatoms. The lowest BCUT2D eigenvalue weighted by Crippen LogP contribution is -2.07. The lowest BCUT2D eigenvalue weighted by Gasteiger charge is -2.09. The number of benzene rings is 2. The van der Waals surface area contributed by atoms with Gasteiger partial charge < -0.3 is 5.11 Å². The fourth-order valence-electron chi connectivity index (χ4n) is 2.79. The van der Waals surface area contributed by atoms with Gasteiger partial charge in [-0.05, 0) is 42.8 Å². The van der Waals surface area contributed by atoms with Crippen molar-refractivity contribution >= 4 is 28.1 Å². The molecule has 2 N–H and O–H groups in total. The Balaban J connectivity index is 1.80. The number of anilines is 1. The molecule has 3 rings (SSSR count). The van der Waals surface area contributed by atoms with Gasteiger partial charge in [0.15, 0.2) is 0 Å². The molecule has 0 spiro atoms. The van der Waals surface area contributed by atoms with Gasteiger partial charge in [-0.1, -0.05) is 42.5 Å². The summed E-state index contributed by atoms with van der Waals surface area (Å²) in [6.07, 6.45) is 3.95. The highest BCUT2D eigenvalue weighted by atomic mass is 16.4. The first-order valence-electron chi connectivity index (χ1n) is 8.67. The van der Waals surface area contributed by atoms with E-state index in [-0.39, 0.29) is 6.42 Å². The van der Waals surface area contributed by atoms with Crippen molar-refractivity contribution in [1.82, 2.24) is 4.98 Å². The topological polar surface area (TPSA) is 74.6 Å². The highest BCUT2D eigenvalue weighted by molar-refractivity contribution is 6.00. The van der Waals surface area contributed by atoms with Crippen molar-refractivity contribution in [3.8, 4) is 0 Å². The number of rotatable bonds is 8. The number of fused-ring (bicyclic) bond motifs is 1. The van der Waals surface area contributed by atoms with E-state index in [1.54, 1.807) is 6.20 Å². The highest BCUT2D eigenvalue weighted by Crippen LogP contribution is 2.23. The number of nitrogens with one attached hydrogen (secondary N) is 1. The smallest absolute Gasteiger partial charge is 0.303 e. The van der Waals surface area contributed by atoms with Crippen molar-refractivity contribution in [3.05, 3.63) is 72.6 Å².